The second kappa shape index (κ2) is 12.5. The monoisotopic (exact) mass is 523 g/mol. The van der Waals surface area contributed by atoms with E-state index in [1.165, 1.54) is 24.3 Å². The highest BCUT2D eigenvalue weighted by Gasteiger charge is 2.13. The molecule has 0 heterocycles. The molecule has 0 fully saturated rings. The van der Waals surface area contributed by atoms with Gasteiger partial charge in [-0.2, -0.15) is 8.78 Å². The van der Waals surface area contributed by atoms with E-state index in [4.69, 9.17) is 0 Å². The Bertz CT molecular complexity index is 776. The molecule has 0 aromatic heterocycles. The average molecular weight is 523 g/mol. The van der Waals surface area contributed by atoms with Crippen LogP contribution in [0.15, 0.2) is 53.5 Å². The summed E-state index contributed by atoms with van der Waals surface area (Å²) >= 11 is 0. The second-order valence-corrected chi connectivity index (χ2v) is 6.11. The van der Waals surface area contributed by atoms with Crippen molar-refractivity contribution in [3.05, 3.63) is 65.5 Å². The van der Waals surface area contributed by atoms with Crippen LogP contribution in [0.4, 0.5) is 13.2 Å². The van der Waals surface area contributed by atoms with Crippen LogP contribution in [0.1, 0.15) is 24.2 Å². The molecule has 5 nitrogen and oxygen atoms in total. The zero-order chi connectivity index (χ0) is 20.5. The van der Waals surface area contributed by atoms with Crippen molar-refractivity contribution in [2.75, 3.05) is 20.1 Å². The van der Waals surface area contributed by atoms with Crippen molar-refractivity contribution in [1.82, 2.24) is 10.2 Å². The Balaban J connectivity index is 0.00000420. The molecule has 0 radical (unpaired) electrons. The molecule has 9 heteroatoms. The van der Waals surface area contributed by atoms with Crippen molar-refractivity contribution in [2.45, 2.75) is 26.2 Å². The molecular formula is C20H25F3IN3O2. The third-order valence-corrected chi connectivity index (χ3v) is 3.94. The lowest BCUT2D eigenvalue weighted by molar-refractivity contribution is -0.0498. The highest BCUT2D eigenvalue weighted by Crippen LogP contribution is 2.18. The minimum atomic E-state index is -2.86. The highest BCUT2D eigenvalue weighted by atomic mass is 127. The third-order valence-electron chi connectivity index (χ3n) is 3.94. The Morgan fingerprint density at radius 1 is 1.17 bits per heavy atom. The first kappa shape index (κ1) is 25.0. The number of nitrogens with one attached hydrogen (secondary N) is 1. The number of nitrogens with zero attached hydrogens (tertiary/aromatic N) is 2. The van der Waals surface area contributed by atoms with Crippen molar-refractivity contribution in [1.29, 1.82) is 0 Å². The van der Waals surface area contributed by atoms with Gasteiger partial charge >= 0.3 is 6.61 Å². The number of ether oxygens (including phenoxy) is 1. The van der Waals surface area contributed by atoms with Crippen LogP contribution < -0.4 is 10.1 Å². The molecule has 0 saturated carbocycles. The average Bonchev–Trinajstić information content (AvgIpc) is 2.66. The molecule has 0 bridgehead atoms. The van der Waals surface area contributed by atoms with Crippen molar-refractivity contribution < 1.29 is 23.0 Å². The van der Waals surface area contributed by atoms with Crippen molar-refractivity contribution in [3.63, 3.8) is 0 Å². The first-order chi connectivity index (χ1) is 13.4. The van der Waals surface area contributed by atoms with E-state index in [0.717, 1.165) is 5.56 Å². The maximum absolute atomic E-state index is 13.8. The second-order valence-electron chi connectivity index (χ2n) is 6.11. The van der Waals surface area contributed by atoms with Gasteiger partial charge in [-0.15, -0.1) is 24.0 Å². The normalized spacial score (nSPS) is 12.3. The number of benzene rings is 2. The van der Waals surface area contributed by atoms with E-state index < -0.39 is 18.5 Å². The standard InChI is InChI=1S/C20H24F3N3O2.HI/c1-3-24-20(25-12-18(27)16-6-4-5-7-17(16)21)26(2)13-14-8-10-15(11-9-14)28-19(22)23;/h4-11,18-19,27H,3,12-13H2,1-2H3,(H,24,25);1H. The molecule has 0 aliphatic rings. The summed E-state index contributed by atoms with van der Waals surface area (Å²) in [6.07, 6.45) is -1.06. The van der Waals surface area contributed by atoms with Gasteiger partial charge in [-0.1, -0.05) is 30.3 Å². The largest absolute Gasteiger partial charge is 0.435 e. The predicted octanol–water partition coefficient (Wildman–Crippen LogP) is 4.18. The van der Waals surface area contributed by atoms with Gasteiger partial charge in [-0.3, -0.25) is 4.99 Å². The Morgan fingerprint density at radius 2 is 1.83 bits per heavy atom. The Kier molecular flexibility index (Phi) is 10.8. The topological polar surface area (TPSA) is 57.1 Å². The number of rotatable bonds is 8. The summed E-state index contributed by atoms with van der Waals surface area (Å²) in [5.41, 5.74) is 1.06. The SMILES string of the molecule is CCNC(=NCC(O)c1ccccc1F)N(C)Cc1ccc(OC(F)F)cc1.I. The van der Waals surface area contributed by atoms with Gasteiger partial charge in [0.15, 0.2) is 5.96 Å². The van der Waals surface area contributed by atoms with Crippen LogP contribution in [0.5, 0.6) is 5.75 Å². The fourth-order valence-corrected chi connectivity index (χ4v) is 2.61. The zero-order valence-corrected chi connectivity index (χ0v) is 18.5. The van der Waals surface area contributed by atoms with E-state index in [1.807, 2.05) is 11.8 Å². The summed E-state index contributed by atoms with van der Waals surface area (Å²) in [4.78, 5) is 6.19. The predicted molar refractivity (Wildman–Crippen MR) is 117 cm³/mol. The van der Waals surface area contributed by atoms with Crippen LogP contribution >= 0.6 is 24.0 Å². The maximum Gasteiger partial charge on any atom is 0.387 e. The highest BCUT2D eigenvalue weighted by molar-refractivity contribution is 14.0. The quantitative estimate of drug-likeness (QED) is 0.310. The minimum Gasteiger partial charge on any atom is -0.435 e. The molecule has 2 N–H and O–H groups in total. The number of aliphatic hydroxyl groups is 1. The zero-order valence-electron chi connectivity index (χ0n) is 16.2. The molecule has 0 aliphatic carbocycles. The molecule has 0 amide bonds. The lowest BCUT2D eigenvalue weighted by Crippen LogP contribution is -2.38. The maximum atomic E-state index is 13.8. The van der Waals surface area contributed by atoms with Crippen LogP contribution in [0.2, 0.25) is 0 Å². The molecule has 29 heavy (non-hydrogen) atoms. The Hall–Kier alpha value is -2.01. The third kappa shape index (κ3) is 8.09. The molecule has 0 aliphatic heterocycles. The molecular weight excluding hydrogens is 498 g/mol. The number of hydrogen-bond donors (Lipinski definition) is 2. The van der Waals surface area contributed by atoms with E-state index >= 15 is 0 Å². The lowest BCUT2D eigenvalue weighted by Gasteiger charge is -2.23. The summed E-state index contributed by atoms with van der Waals surface area (Å²) in [5.74, 6) is 0.149. The smallest absolute Gasteiger partial charge is 0.387 e. The van der Waals surface area contributed by atoms with E-state index in [2.05, 4.69) is 15.0 Å². The molecule has 1 atom stereocenters. The number of aliphatic imine (C=N–C) groups is 1. The van der Waals surface area contributed by atoms with Gasteiger partial charge in [0.2, 0.25) is 0 Å². The summed E-state index contributed by atoms with van der Waals surface area (Å²) in [5, 5.41) is 13.3. The molecule has 2 rings (SSSR count). The van der Waals surface area contributed by atoms with Crippen LogP contribution in [0.3, 0.4) is 0 Å². The summed E-state index contributed by atoms with van der Waals surface area (Å²) in [7, 11) is 1.81. The van der Waals surface area contributed by atoms with Crippen molar-refractivity contribution in [3.8, 4) is 5.75 Å². The van der Waals surface area contributed by atoms with Gasteiger partial charge in [0.1, 0.15) is 17.7 Å². The van der Waals surface area contributed by atoms with Crippen LogP contribution in [0, 0.1) is 5.82 Å². The summed E-state index contributed by atoms with van der Waals surface area (Å²) in [6, 6.07) is 12.4. The van der Waals surface area contributed by atoms with Gasteiger partial charge in [0, 0.05) is 25.7 Å². The lowest BCUT2D eigenvalue weighted by atomic mass is 10.1. The van der Waals surface area contributed by atoms with Gasteiger partial charge in [0.05, 0.1) is 6.54 Å². The number of alkyl halides is 2. The fourth-order valence-electron chi connectivity index (χ4n) is 2.61. The van der Waals surface area contributed by atoms with E-state index in [0.29, 0.717) is 19.0 Å². The van der Waals surface area contributed by atoms with Gasteiger partial charge < -0.3 is 20.1 Å². The Labute approximate surface area is 185 Å². The number of hydrogen-bond acceptors (Lipinski definition) is 3. The van der Waals surface area contributed by atoms with Crippen LogP contribution in [0.25, 0.3) is 0 Å². The van der Waals surface area contributed by atoms with E-state index in [9.17, 15) is 18.3 Å². The van der Waals surface area contributed by atoms with Gasteiger partial charge in [-0.05, 0) is 30.7 Å². The first-order valence-corrected chi connectivity index (χ1v) is 8.86. The van der Waals surface area contributed by atoms with Crippen LogP contribution in [-0.4, -0.2) is 42.7 Å². The minimum absolute atomic E-state index is 0. The first-order valence-electron chi connectivity index (χ1n) is 8.86. The Morgan fingerprint density at radius 3 is 2.41 bits per heavy atom. The number of aliphatic hydroxyl groups excluding tert-OH is 1. The molecule has 160 valence electrons. The number of halogens is 4. The summed E-state index contributed by atoms with van der Waals surface area (Å²) in [6.45, 7) is 0.111. The molecule has 2 aromatic rings. The molecule has 0 spiro atoms. The van der Waals surface area contributed by atoms with Gasteiger partial charge in [-0.25, -0.2) is 4.39 Å². The summed E-state index contributed by atoms with van der Waals surface area (Å²) < 4.78 is 42.6. The molecule has 1 unspecified atom stereocenters. The molecule has 2 aromatic carbocycles. The van der Waals surface area contributed by atoms with Gasteiger partial charge in [0.25, 0.3) is 0 Å². The number of guanidine groups is 1. The fraction of sp³-hybridized carbons (Fsp3) is 0.350. The van der Waals surface area contributed by atoms with Crippen LogP contribution in [-0.2, 0) is 6.54 Å². The van der Waals surface area contributed by atoms with E-state index in [-0.39, 0.29) is 41.8 Å². The van der Waals surface area contributed by atoms with E-state index in [1.54, 1.807) is 31.3 Å². The van der Waals surface area contributed by atoms with Crippen molar-refractivity contribution in [2.24, 2.45) is 4.99 Å². The molecule has 0 saturated heterocycles. The van der Waals surface area contributed by atoms with Crippen molar-refractivity contribution >= 4 is 29.9 Å².